The number of nitrogens with zero attached hydrogens (tertiary/aromatic N) is 1. The molecule has 26 heavy (non-hydrogen) atoms. The van der Waals surface area contributed by atoms with E-state index in [9.17, 15) is 9.90 Å². The van der Waals surface area contributed by atoms with E-state index in [1.54, 1.807) is 0 Å². The van der Waals surface area contributed by atoms with Crippen LogP contribution in [0.1, 0.15) is 50.5 Å². The minimum atomic E-state index is -1.50. The fourth-order valence-electron chi connectivity index (χ4n) is 5.58. The fraction of sp³-hybridized carbons (Fsp3) is 0.682. The van der Waals surface area contributed by atoms with Gasteiger partial charge in [-0.25, -0.2) is 4.79 Å². The lowest BCUT2D eigenvalue weighted by molar-refractivity contribution is -0.191. The van der Waals surface area contributed by atoms with E-state index in [2.05, 4.69) is 11.9 Å². The molecule has 0 spiro atoms. The second-order valence-corrected chi connectivity index (χ2v) is 8.66. The lowest BCUT2D eigenvalue weighted by Crippen LogP contribution is -2.54. The molecule has 0 amide bonds. The number of aliphatic hydroxyl groups is 1. The van der Waals surface area contributed by atoms with Crippen LogP contribution in [0.4, 0.5) is 0 Å². The van der Waals surface area contributed by atoms with E-state index in [0.717, 1.165) is 51.6 Å². The molecule has 4 heteroatoms. The number of hydrogen-bond donors (Lipinski definition) is 1. The lowest BCUT2D eigenvalue weighted by atomic mass is 9.75. The van der Waals surface area contributed by atoms with Crippen molar-refractivity contribution in [3.8, 4) is 0 Å². The number of fused-ring (bicyclic) bond motifs is 2. The van der Waals surface area contributed by atoms with Gasteiger partial charge in [0.1, 0.15) is 6.10 Å². The predicted octanol–water partition coefficient (Wildman–Crippen LogP) is 3.34. The Bertz CT molecular complexity index is 614. The van der Waals surface area contributed by atoms with Gasteiger partial charge >= 0.3 is 5.97 Å². The maximum Gasteiger partial charge on any atom is 0.343 e. The standard InChI is InChI=1S/C22H31NO3/c1-23-14-16-8-7-9-17(15-23)20(16)26-21(24)22(25,19-12-5-6-13-19)18-10-3-2-4-11-18/h2-4,10-11,16-17,19-20,25H,5-9,12-15H2,1H3/t16-,17-,22?/m1/s1. The number of likely N-dealkylation sites (tertiary alicyclic amines) is 1. The number of carbonyl (C=O) groups excluding carboxylic acids is 1. The maximum absolute atomic E-state index is 13.3. The number of carbonyl (C=O) groups is 1. The Kier molecular flexibility index (Phi) is 5.07. The van der Waals surface area contributed by atoms with Crippen LogP contribution in [-0.2, 0) is 15.1 Å². The monoisotopic (exact) mass is 357 g/mol. The van der Waals surface area contributed by atoms with Crippen LogP contribution in [0.2, 0.25) is 0 Å². The Morgan fingerprint density at radius 1 is 1.04 bits per heavy atom. The third kappa shape index (κ3) is 3.18. The SMILES string of the molecule is CN1C[C@H]2CCC[C@H](C1)C2OC(=O)C(O)(c1ccccc1)C1CCCC1. The first-order valence-corrected chi connectivity index (χ1v) is 10.3. The Labute approximate surface area is 156 Å². The summed E-state index contributed by atoms with van der Waals surface area (Å²) >= 11 is 0. The summed E-state index contributed by atoms with van der Waals surface area (Å²) in [4.78, 5) is 15.7. The van der Waals surface area contributed by atoms with E-state index in [-0.39, 0.29) is 12.0 Å². The molecule has 0 aromatic heterocycles. The van der Waals surface area contributed by atoms with Crippen LogP contribution < -0.4 is 0 Å². The maximum atomic E-state index is 13.3. The summed E-state index contributed by atoms with van der Waals surface area (Å²) < 4.78 is 6.12. The number of ether oxygens (including phenoxy) is 1. The summed E-state index contributed by atoms with van der Waals surface area (Å²) in [5, 5.41) is 11.6. The van der Waals surface area contributed by atoms with Gasteiger partial charge < -0.3 is 14.7 Å². The van der Waals surface area contributed by atoms with Crippen molar-refractivity contribution in [1.82, 2.24) is 4.90 Å². The fourth-order valence-corrected chi connectivity index (χ4v) is 5.58. The summed E-state index contributed by atoms with van der Waals surface area (Å²) in [5.41, 5.74) is -0.815. The number of rotatable bonds is 4. The van der Waals surface area contributed by atoms with E-state index >= 15 is 0 Å². The molecule has 3 atom stereocenters. The first kappa shape index (κ1) is 18.0. The molecule has 3 aliphatic rings. The van der Waals surface area contributed by atoms with Gasteiger partial charge in [0.2, 0.25) is 0 Å². The molecule has 1 aromatic carbocycles. The largest absolute Gasteiger partial charge is 0.459 e. The quantitative estimate of drug-likeness (QED) is 0.840. The van der Waals surface area contributed by atoms with Crippen molar-refractivity contribution in [2.24, 2.45) is 17.8 Å². The molecule has 3 fully saturated rings. The van der Waals surface area contributed by atoms with Gasteiger partial charge in [-0.1, -0.05) is 49.6 Å². The minimum Gasteiger partial charge on any atom is -0.459 e. The molecule has 142 valence electrons. The van der Waals surface area contributed by atoms with Crippen molar-refractivity contribution in [3.05, 3.63) is 35.9 Å². The van der Waals surface area contributed by atoms with E-state index in [0.29, 0.717) is 17.4 Å². The summed E-state index contributed by atoms with van der Waals surface area (Å²) in [6.07, 6.45) is 7.35. The average Bonchev–Trinajstić information content (AvgIpc) is 3.17. The van der Waals surface area contributed by atoms with Crippen LogP contribution in [0, 0.1) is 17.8 Å². The molecule has 1 heterocycles. The first-order chi connectivity index (χ1) is 12.6. The zero-order valence-corrected chi connectivity index (χ0v) is 15.8. The second kappa shape index (κ2) is 7.32. The minimum absolute atomic E-state index is 0.0379. The molecule has 2 aliphatic carbocycles. The topological polar surface area (TPSA) is 49.8 Å². The smallest absolute Gasteiger partial charge is 0.343 e. The summed E-state index contributed by atoms with van der Waals surface area (Å²) in [6.45, 7) is 1.98. The van der Waals surface area contributed by atoms with Gasteiger partial charge in [0, 0.05) is 30.8 Å². The van der Waals surface area contributed by atoms with Crippen LogP contribution in [-0.4, -0.2) is 42.2 Å². The van der Waals surface area contributed by atoms with Crippen molar-refractivity contribution in [1.29, 1.82) is 0 Å². The predicted molar refractivity (Wildman–Crippen MR) is 101 cm³/mol. The van der Waals surface area contributed by atoms with Crippen LogP contribution >= 0.6 is 0 Å². The highest BCUT2D eigenvalue weighted by atomic mass is 16.6. The lowest BCUT2D eigenvalue weighted by Gasteiger charge is -2.46. The number of esters is 1. The summed E-state index contributed by atoms with van der Waals surface area (Å²) in [7, 11) is 2.15. The second-order valence-electron chi connectivity index (χ2n) is 8.66. The molecule has 4 nitrogen and oxygen atoms in total. The highest BCUT2D eigenvalue weighted by Crippen LogP contribution is 2.43. The van der Waals surface area contributed by atoms with Crippen molar-refractivity contribution < 1.29 is 14.6 Å². The van der Waals surface area contributed by atoms with Crippen molar-refractivity contribution in [2.75, 3.05) is 20.1 Å². The molecule has 1 saturated heterocycles. The van der Waals surface area contributed by atoms with Gasteiger partial charge in [0.05, 0.1) is 0 Å². The van der Waals surface area contributed by atoms with Gasteiger partial charge in [-0.15, -0.1) is 0 Å². The van der Waals surface area contributed by atoms with Crippen molar-refractivity contribution in [2.45, 2.75) is 56.7 Å². The molecule has 0 radical (unpaired) electrons. The van der Waals surface area contributed by atoms with Crippen LogP contribution in [0.5, 0.6) is 0 Å². The Balaban J connectivity index is 1.59. The van der Waals surface area contributed by atoms with E-state index in [4.69, 9.17) is 4.74 Å². The molecule has 1 aromatic rings. The molecule has 1 aliphatic heterocycles. The van der Waals surface area contributed by atoms with Crippen molar-refractivity contribution >= 4 is 5.97 Å². The Hall–Kier alpha value is -1.39. The van der Waals surface area contributed by atoms with Gasteiger partial charge in [0.25, 0.3) is 0 Å². The number of benzene rings is 1. The van der Waals surface area contributed by atoms with Crippen LogP contribution in [0.15, 0.2) is 30.3 Å². The molecular weight excluding hydrogens is 326 g/mol. The zero-order chi connectivity index (χ0) is 18.1. The van der Waals surface area contributed by atoms with E-state index in [1.807, 2.05) is 30.3 Å². The molecule has 4 rings (SSSR count). The first-order valence-electron chi connectivity index (χ1n) is 10.3. The number of piperidine rings is 1. The molecule has 1 unspecified atom stereocenters. The molecule has 2 saturated carbocycles. The van der Waals surface area contributed by atoms with Gasteiger partial charge in [-0.3, -0.25) is 0 Å². The van der Waals surface area contributed by atoms with E-state index in [1.165, 1.54) is 6.42 Å². The Morgan fingerprint density at radius 3 is 2.27 bits per heavy atom. The normalized spacial score (nSPS) is 32.2. The van der Waals surface area contributed by atoms with Gasteiger partial charge in [-0.2, -0.15) is 0 Å². The summed E-state index contributed by atoms with van der Waals surface area (Å²) in [6, 6.07) is 9.45. The highest BCUT2D eigenvalue weighted by Gasteiger charge is 2.50. The Morgan fingerprint density at radius 2 is 1.65 bits per heavy atom. The molecule has 2 bridgehead atoms. The van der Waals surface area contributed by atoms with Crippen LogP contribution in [0.25, 0.3) is 0 Å². The van der Waals surface area contributed by atoms with Crippen LogP contribution in [0.3, 0.4) is 0 Å². The third-order valence-corrected chi connectivity index (χ3v) is 6.89. The van der Waals surface area contributed by atoms with Crippen molar-refractivity contribution in [3.63, 3.8) is 0 Å². The summed E-state index contributed by atoms with van der Waals surface area (Å²) in [5.74, 6) is 0.352. The highest BCUT2D eigenvalue weighted by molar-refractivity contribution is 5.82. The van der Waals surface area contributed by atoms with Gasteiger partial charge in [-0.05, 0) is 38.3 Å². The van der Waals surface area contributed by atoms with E-state index < -0.39 is 11.6 Å². The average molecular weight is 357 g/mol. The number of hydrogen-bond acceptors (Lipinski definition) is 4. The third-order valence-electron chi connectivity index (χ3n) is 6.89. The van der Waals surface area contributed by atoms with Gasteiger partial charge in [0.15, 0.2) is 5.60 Å². The molecular formula is C22H31NO3. The molecule has 1 N–H and O–H groups in total. The zero-order valence-electron chi connectivity index (χ0n) is 15.8.